The fourth-order valence-corrected chi connectivity index (χ4v) is 3.60. The number of aromatic amines is 1. The van der Waals surface area contributed by atoms with Gasteiger partial charge in [0.05, 0.1) is 0 Å². The highest BCUT2D eigenvalue weighted by Crippen LogP contribution is 2.35. The second-order valence-electron chi connectivity index (χ2n) is 7.37. The topological polar surface area (TPSA) is 60.6 Å². The zero-order valence-corrected chi connectivity index (χ0v) is 14.3. The zero-order valence-electron chi connectivity index (χ0n) is 14.3. The summed E-state index contributed by atoms with van der Waals surface area (Å²) in [5.41, 5.74) is 2.51. The fourth-order valence-electron chi connectivity index (χ4n) is 3.60. The molecule has 1 aromatic carbocycles. The van der Waals surface area contributed by atoms with Crippen LogP contribution in [0, 0.1) is 5.41 Å². The first kappa shape index (κ1) is 15.5. The molecule has 2 aliphatic heterocycles. The van der Waals surface area contributed by atoms with E-state index in [9.17, 15) is 4.79 Å². The molecule has 0 bridgehead atoms. The number of nitrogens with one attached hydrogen (secondary N) is 2. The minimum Gasteiger partial charge on any atom is -0.409 e. The Morgan fingerprint density at radius 3 is 2.79 bits per heavy atom. The van der Waals surface area contributed by atoms with Gasteiger partial charge in [-0.3, -0.25) is 0 Å². The molecule has 2 N–H and O–H groups in total. The lowest BCUT2D eigenvalue weighted by atomic mass is 9.75. The van der Waals surface area contributed by atoms with Crippen molar-refractivity contribution in [2.24, 2.45) is 5.41 Å². The van der Waals surface area contributed by atoms with Gasteiger partial charge in [0.25, 0.3) is 0 Å². The monoisotopic (exact) mass is 328 g/mol. The summed E-state index contributed by atoms with van der Waals surface area (Å²) in [5.74, 6) is 0.653. The lowest BCUT2D eigenvalue weighted by Gasteiger charge is -2.55. The molecule has 0 unspecified atom stereocenters. The Labute approximate surface area is 141 Å². The Hall–Kier alpha value is -2.05. The lowest BCUT2D eigenvalue weighted by Crippen LogP contribution is -2.72. The first-order valence-electron chi connectivity index (χ1n) is 8.48. The van der Waals surface area contributed by atoms with Gasteiger partial charge in [-0.15, -0.1) is 0 Å². The molecule has 24 heavy (non-hydrogen) atoms. The number of rotatable bonds is 4. The molecule has 0 saturated carbocycles. The number of ether oxygens (including phenoxy) is 1. The highest BCUT2D eigenvalue weighted by molar-refractivity contribution is 5.91. The van der Waals surface area contributed by atoms with E-state index in [2.05, 4.69) is 29.3 Å². The van der Waals surface area contributed by atoms with Gasteiger partial charge in [0, 0.05) is 55.2 Å². The maximum absolute atomic E-state index is 12.4. The van der Waals surface area contributed by atoms with E-state index in [1.165, 1.54) is 5.56 Å². The van der Waals surface area contributed by atoms with E-state index in [4.69, 9.17) is 4.74 Å². The summed E-state index contributed by atoms with van der Waals surface area (Å²) in [7, 11) is 4.12. The predicted octanol–water partition coefficient (Wildman–Crippen LogP) is 1.68. The molecule has 2 aromatic rings. The molecule has 6 heteroatoms. The van der Waals surface area contributed by atoms with Gasteiger partial charge in [0.1, 0.15) is 5.75 Å². The third-order valence-corrected chi connectivity index (χ3v) is 5.09. The highest BCUT2D eigenvalue weighted by atomic mass is 16.6. The van der Waals surface area contributed by atoms with Crippen molar-refractivity contribution in [1.29, 1.82) is 0 Å². The smallest absolute Gasteiger partial charge is 0.409 e. The summed E-state index contributed by atoms with van der Waals surface area (Å²) in [5, 5.41) is 4.30. The Morgan fingerprint density at radius 2 is 2.12 bits per heavy atom. The summed E-state index contributed by atoms with van der Waals surface area (Å²) >= 11 is 0. The number of aromatic nitrogens is 1. The first-order valence-corrected chi connectivity index (χ1v) is 8.48. The number of likely N-dealkylation sites (N-methyl/N-ethyl adjacent to an activating group) is 1. The van der Waals surface area contributed by atoms with Gasteiger partial charge in [-0.25, -0.2) is 4.79 Å². The molecule has 128 valence electrons. The van der Waals surface area contributed by atoms with Crippen LogP contribution in [0.3, 0.4) is 0 Å². The molecule has 3 heterocycles. The molecule has 2 fully saturated rings. The number of carbonyl (C=O) groups is 1. The Bertz CT molecular complexity index is 755. The van der Waals surface area contributed by atoms with Crippen LogP contribution < -0.4 is 10.1 Å². The number of hydrogen-bond donors (Lipinski definition) is 2. The van der Waals surface area contributed by atoms with E-state index >= 15 is 0 Å². The molecule has 2 aliphatic rings. The van der Waals surface area contributed by atoms with Gasteiger partial charge in [0.15, 0.2) is 0 Å². The van der Waals surface area contributed by atoms with Crippen molar-refractivity contribution in [3.8, 4) is 5.75 Å². The van der Waals surface area contributed by atoms with Crippen molar-refractivity contribution in [3.05, 3.63) is 30.0 Å². The van der Waals surface area contributed by atoms with Crippen LogP contribution in [0.5, 0.6) is 5.75 Å². The van der Waals surface area contributed by atoms with E-state index in [0.29, 0.717) is 11.2 Å². The van der Waals surface area contributed by atoms with Crippen molar-refractivity contribution in [2.45, 2.75) is 6.42 Å². The fraction of sp³-hybridized carbons (Fsp3) is 0.500. The number of hydrogen-bond acceptors (Lipinski definition) is 4. The maximum atomic E-state index is 12.4. The van der Waals surface area contributed by atoms with Crippen LogP contribution in [0.1, 0.15) is 5.56 Å². The van der Waals surface area contributed by atoms with Crippen molar-refractivity contribution < 1.29 is 9.53 Å². The van der Waals surface area contributed by atoms with E-state index in [1.807, 2.05) is 24.4 Å². The molecule has 4 rings (SSSR count). The minimum atomic E-state index is -0.236. The van der Waals surface area contributed by atoms with E-state index in [0.717, 1.165) is 50.0 Å². The van der Waals surface area contributed by atoms with Gasteiger partial charge in [-0.1, -0.05) is 6.07 Å². The second-order valence-corrected chi connectivity index (χ2v) is 7.37. The number of carbonyl (C=O) groups excluding carboxylic acids is 1. The van der Waals surface area contributed by atoms with Crippen LogP contribution in [0.25, 0.3) is 10.9 Å². The Balaban J connectivity index is 1.50. The van der Waals surface area contributed by atoms with Crippen LogP contribution in [0.4, 0.5) is 4.79 Å². The Morgan fingerprint density at radius 1 is 1.33 bits per heavy atom. The molecular formula is C18H24N4O2. The van der Waals surface area contributed by atoms with Crippen molar-refractivity contribution >= 4 is 17.0 Å². The van der Waals surface area contributed by atoms with E-state index in [1.54, 1.807) is 4.90 Å². The normalized spacial score (nSPS) is 18.7. The van der Waals surface area contributed by atoms with Crippen LogP contribution in [-0.4, -0.2) is 67.7 Å². The molecule has 0 aliphatic carbocycles. The van der Waals surface area contributed by atoms with E-state index < -0.39 is 0 Å². The Kier molecular flexibility index (Phi) is 3.73. The SMILES string of the molecule is CN(C)CCc1c[nH]c2cccc(OC(=O)N3CC4(CNC4)C3)c12. The summed E-state index contributed by atoms with van der Waals surface area (Å²) < 4.78 is 5.73. The average molecular weight is 328 g/mol. The summed E-state index contributed by atoms with van der Waals surface area (Å²) in [6.07, 6.45) is 2.70. The minimum absolute atomic E-state index is 0.236. The van der Waals surface area contributed by atoms with Crippen molar-refractivity contribution in [3.63, 3.8) is 0 Å². The van der Waals surface area contributed by atoms with Crippen LogP contribution >= 0.6 is 0 Å². The van der Waals surface area contributed by atoms with Gasteiger partial charge in [0.2, 0.25) is 0 Å². The van der Waals surface area contributed by atoms with Crippen LogP contribution in [-0.2, 0) is 6.42 Å². The molecule has 1 spiro atoms. The standard InChI is InChI=1S/C18H24N4O2/c1-21(2)7-6-13-8-20-14-4-3-5-15(16(13)14)24-17(23)22-11-18(12-22)9-19-10-18/h3-5,8,19-20H,6-7,9-12H2,1-2H3. The number of fused-ring (bicyclic) bond motifs is 1. The van der Waals surface area contributed by atoms with Crippen molar-refractivity contribution in [1.82, 2.24) is 20.1 Å². The first-order chi connectivity index (χ1) is 11.6. The van der Waals surface area contributed by atoms with Crippen LogP contribution in [0.15, 0.2) is 24.4 Å². The molecule has 2 saturated heterocycles. The van der Waals surface area contributed by atoms with Gasteiger partial charge >= 0.3 is 6.09 Å². The molecule has 6 nitrogen and oxygen atoms in total. The van der Waals surface area contributed by atoms with Gasteiger partial charge < -0.3 is 24.8 Å². The summed E-state index contributed by atoms with van der Waals surface area (Å²) in [4.78, 5) is 19.7. The molecule has 0 atom stereocenters. The number of likely N-dealkylation sites (tertiary alicyclic amines) is 1. The predicted molar refractivity (Wildman–Crippen MR) is 93.5 cm³/mol. The van der Waals surface area contributed by atoms with Gasteiger partial charge in [-0.2, -0.15) is 0 Å². The quantitative estimate of drug-likeness (QED) is 0.896. The maximum Gasteiger partial charge on any atom is 0.415 e. The van der Waals surface area contributed by atoms with E-state index in [-0.39, 0.29) is 6.09 Å². The number of benzene rings is 1. The highest BCUT2D eigenvalue weighted by Gasteiger charge is 2.49. The molecule has 1 aromatic heterocycles. The van der Waals surface area contributed by atoms with Crippen LogP contribution in [0.2, 0.25) is 0 Å². The lowest BCUT2D eigenvalue weighted by molar-refractivity contribution is -0.0231. The largest absolute Gasteiger partial charge is 0.415 e. The van der Waals surface area contributed by atoms with Gasteiger partial charge in [-0.05, 0) is 38.2 Å². The number of nitrogens with zero attached hydrogens (tertiary/aromatic N) is 2. The number of amides is 1. The number of H-pyrrole nitrogens is 1. The second kappa shape index (κ2) is 5.79. The third-order valence-electron chi connectivity index (χ3n) is 5.09. The summed E-state index contributed by atoms with van der Waals surface area (Å²) in [6.45, 7) is 4.58. The molecular weight excluding hydrogens is 304 g/mol. The summed E-state index contributed by atoms with van der Waals surface area (Å²) in [6, 6.07) is 5.82. The third kappa shape index (κ3) is 2.65. The average Bonchev–Trinajstić information content (AvgIpc) is 2.86. The van der Waals surface area contributed by atoms with Crippen molar-refractivity contribution in [2.75, 3.05) is 46.8 Å². The zero-order chi connectivity index (χ0) is 16.7. The molecule has 0 radical (unpaired) electrons. The molecule has 1 amide bonds.